The van der Waals surface area contributed by atoms with Crippen LogP contribution in [0, 0.1) is 0 Å². The minimum Gasteiger partial charge on any atom is -0.442 e. The number of amides is 1. The van der Waals surface area contributed by atoms with Crippen molar-refractivity contribution < 1.29 is 28.6 Å². The van der Waals surface area contributed by atoms with Crippen molar-refractivity contribution in [2.75, 3.05) is 51.6 Å². The Kier molecular flexibility index (Phi) is 13.0. The summed E-state index contributed by atoms with van der Waals surface area (Å²) in [6.45, 7) is 8.71. The van der Waals surface area contributed by atoms with Gasteiger partial charge in [-0.25, -0.2) is 4.79 Å². The number of carbonyl (C=O) groups is 1. The van der Waals surface area contributed by atoms with E-state index in [2.05, 4.69) is 21.4 Å². The van der Waals surface area contributed by atoms with E-state index in [1.54, 1.807) is 20.8 Å². The van der Waals surface area contributed by atoms with E-state index in [9.17, 15) is 4.79 Å². The van der Waals surface area contributed by atoms with Crippen LogP contribution in [0.2, 0.25) is 0 Å². The zero-order valence-electron chi connectivity index (χ0n) is 13.0. The monoisotopic (exact) mass is 371 g/mol. The smallest absolute Gasteiger partial charge is 0.431 e. The summed E-state index contributed by atoms with van der Waals surface area (Å²) in [7, 11) is 0. The SMILES string of the molecule is CC(C)(C)OC(=O)NOCCOCCOCCOCCBr. The molecule has 0 fully saturated rings. The van der Waals surface area contributed by atoms with Crippen LogP contribution in [0.25, 0.3) is 0 Å². The number of nitrogens with one attached hydrogen (secondary N) is 1. The summed E-state index contributed by atoms with van der Waals surface area (Å²) in [4.78, 5) is 16.1. The molecule has 126 valence electrons. The van der Waals surface area contributed by atoms with Gasteiger partial charge < -0.3 is 18.9 Å². The lowest BCUT2D eigenvalue weighted by molar-refractivity contribution is -0.0351. The van der Waals surface area contributed by atoms with Gasteiger partial charge in [0.25, 0.3) is 0 Å². The Morgan fingerprint density at radius 1 is 0.905 bits per heavy atom. The molecule has 0 atom stereocenters. The molecule has 0 aliphatic carbocycles. The first-order valence-corrected chi connectivity index (χ1v) is 7.98. The first-order chi connectivity index (χ1) is 9.95. The van der Waals surface area contributed by atoms with Gasteiger partial charge in [-0.3, -0.25) is 4.84 Å². The quantitative estimate of drug-likeness (QED) is 0.320. The average Bonchev–Trinajstić information content (AvgIpc) is 2.38. The fourth-order valence-corrected chi connectivity index (χ4v) is 1.33. The van der Waals surface area contributed by atoms with Crippen molar-refractivity contribution in [3.05, 3.63) is 0 Å². The van der Waals surface area contributed by atoms with Gasteiger partial charge >= 0.3 is 6.09 Å². The number of carbonyl (C=O) groups excluding carboxylic acids is 1. The minimum absolute atomic E-state index is 0.244. The van der Waals surface area contributed by atoms with Crippen molar-refractivity contribution in [1.82, 2.24) is 5.48 Å². The van der Waals surface area contributed by atoms with Crippen molar-refractivity contribution >= 4 is 22.0 Å². The van der Waals surface area contributed by atoms with E-state index in [1.807, 2.05) is 0 Å². The van der Waals surface area contributed by atoms with Gasteiger partial charge in [-0.05, 0) is 20.8 Å². The van der Waals surface area contributed by atoms with E-state index in [1.165, 1.54) is 0 Å². The summed E-state index contributed by atoms with van der Waals surface area (Å²) in [5, 5.41) is 0.827. The number of halogens is 1. The first-order valence-electron chi connectivity index (χ1n) is 6.85. The maximum atomic E-state index is 11.2. The molecule has 0 rings (SSSR count). The molecule has 0 bridgehead atoms. The molecule has 0 heterocycles. The molecule has 0 saturated heterocycles. The van der Waals surface area contributed by atoms with E-state index < -0.39 is 11.7 Å². The normalized spacial score (nSPS) is 11.4. The van der Waals surface area contributed by atoms with Crippen LogP contribution in [0.15, 0.2) is 0 Å². The summed E-state index contributed by atoms with van der Waals surface area (Å²) in [6, 6.07) is 0. The molecule has 0 radical (unpaired) electrons. The Morgan fingerprint density at radius 2 is 1.38 bits per heavy atom. The fraction of sp³-hybridized carbons (Fsp3) is 0.923. The zero-order valence-corrected chi connectivity index (χ0v) is 14.6. The van der Waals surface area contributed by atoms with Crippen LogP contribution in [-0.2, 0) is 23.8 Å². The van der Waals surface area contributed by atoms with Gasteiger partial charge in [-0.2, -0.15) is 5.48 Å². The van der Waals surface area contributed by atoms with Gasteiger partial charge in [0, 0.05) is 5.33 Å². The molecule has 1 amide bonds. The van der Waals surface area contributed by atoms with E-state index in [0.717, 1.165) is 5.33 Å². The molecule has 7 nitrogen and oxygen atoms in total. The summed E-state index contributed by atoms with van der Waals surface area (Å²) in [5.74, 6) is 0. The number of hydroxylamine groups is 1. The van der Waals surface area contributed by atoms with Crippen LogP contribution >= 0.6 is 15.9 Å². The number of rotatable bonds is 12. The first kappa shape index (κ1) is 20.6. The van der Waals surface area contributed by atoms with Crippen molar-refractivity contribution in [2.45, 2.75) is 26.4 Å². The summed E-state index contributed by atoms with van der Waals surface area (Å²) in [5.41, 5.74) is 1.64. The molecule has 0 aliphatic heterocycles. The summed E-state index contributed by atoms with van der Waals surface area (Å²) in [6.07, 6.45) is -0.616. The number of alkyl halides is 1. The summed E-state index contributed by atoms with van der Waals surface area (Å²) < 4.78 is 20.7. The lowest BCUT2D eigenvalue weighted by Crippen LogP contribution is -2.33. The van der Waals surface area contributed by atoms with Crippen LogP contribution < -0.4 is 5.48 Å². The maximum absolute atomic E-state index is 11.2. The highest BCUT2D eigenvalue weighted by Gasteiger charge is 2.15. The molecule has 0 saturated carbocycles. The molecular formula is C13H26BrNO6. The fourth-order valence-electron chi connectivity index (χ4n) is 1.11. The molecule has 0 aromatic rings. The van der Waals surface area contributed by atoms with Crippen molar-refractivity contribution in [2.24, 2.45) is 0 Å². The minimum atomic E-state index is -0.616. The van der Waals surface area contributed by atoms with E-state index in [4.69, 9.17) is 23.8 Å². The van der Waals surface area contributed by atoms with Gasteiger partial charge in [-0.1, -0.05) is 15.9 Å². The Morgan fingerprint density at radius 3 is 1.86 bits per heavy atom. The van der Waals surface area contributed by atoms with Gasteiger partial charge in [0.2, 0.25) is 0 Å². The second-order valence-electron chi connectivity index (χ2n) is 4.98. The predicted molar refractivity (Wildman–Crippen MR) is 81.6 cm³/mol. The molecular weight excluding hydrogens is 346 g/mol. The van der Waals surface area contributed by atoms with E-state index in [0.29, 0.717) is 39.6 Å². The average molecular weight is 372 g/mol. The molecule has 0 aliphatic rings. The van der Waals surface area contributed by atoms with Crippen molar-refractivity contribution in [1.29, 1.82) is 0 Å². The van der Waals surface area contributed by atoms with Crippen LogP contribution in [0.3, 0.4) is 0 Å². The lowest BCUT2D eigenvalue weighted by atomic mass is 10.2. The van der Waals surface area contributed by atoms with Gasteiger partial charge in [0.1, 0.15) is 5.60 Å². The van der Waals surface area contributed by atoms with Crippen LogP contribution in [0.5, 0.6) is 0 Å². The number of ether oxygens (including phenoxy) is 4. The Balaban J connectivity index is 3.17. The second-order valence-corrected chi connectivity index (χ2v) is 5.77. The third-order valence-electron chi connectivity index (χ3n) is 1.85. The molecule has 1 N–H and O–H groups in total. The molecule has 21 heavy (non-hydrogen) atoms. The van der Waals surface area contributed by atoms with Crippen LogP contribution in [0.4, 0.5) is 4.79 Å². The van der Waals surface area contributed by atoms with Crippen molar-refractivity contribution in [3.63, 3.8) is 0 Å². The number of hydrogen-bond donors (Lipinski definition) is 1. The number of hydrogen-bond acceptors (Lipinski definition) is 6. The standard InChI is InChI=1S/C13H26BrNO6/c1-13(2,3)21-12(16)15-20-11-10-19-9-8-18-7-6-17-5-4-14/h4-11H2,1-3H3,(H,15,16). The van der Waals surface area contributed by atoms with Gasteiger partial charge in [-0.15, -0.1) is 0 Å². The predicted octanol–water partition coefficient (Wildman–Crippen LogP) is 1.89. The van der Waals surface area contributed by atoms with E-state index in [-0.39, 0.29) is 6.61 Å². The van der Waals surface area contributed by atoms with E-state index >= 15 is 0 Å². The van der Waals surface area contributed by atoms with Gasteiger partial charge in [0.15, 0.2) is 0 Å². The third-order valence-corrected chi connectivity index (χ3v) is 2.17. The Hall–Kier alpha value is -0.410. The highest BCUT2D eigenvalue weighted by molar-refractivity contribution is 9.09. The molecule has 0 spiro atoms. The maximum Gasteiger partial charge on any atom is 0.431 e. The molecule has 0 aromatic carbocycles. The Bertz CT molecular complexity index is 260. The van der Waals surface area contributed by atoms with Crippen LogP contribution in [-0.4, -0.2) is 63.3 Å². The largest absolute Gasteiger partial charge is 0.442 e. The van der Waals surface area contributed by atoms with Crippen molar-refractivity contribution in [3.8, 4) is 0 Å². The highest BCUT2D eigenvalue weighted by atomic mass is 79.9. The zero-order chi connectivity index (χ0) is 16.0. The van der Waals surface area contributed by atoms with Gasteiger partial charge in [0.05, 0.1) is 46.2 Å². The highest BCUT2D eigenvalue weighted by Crippen LogP contribution is 2.06. The third kappa shape index (κ3) is 17.5. The Labute approximate surface area is 134 Å². The molecule has 0 unspecified atom stereocenters. The topological polar surface area (TPSA) is 75.3 Å². The summed E-state index contributed by atoms with van der Waals surface area (Å²) >= 11 is 3.26. The molecule has 8 heteroatoms. The molecule has 0 aromatic heterocycles. The van der Waals surface area contributed by atoms with Crippen LogP contribution in [0.1, 0.15) is 20.8 Å². The lowest BCUT2D eigenvalue weighted by Gasteiger charge is -2.19. The second kappa shape index (κ2) is 13.3.